The summed E-state index contributed by atoms with van der Waals surface area (Å²) in [7, 11) is 0. The highest BCUT2D eigenvalue weighted by Crippen LogP contribution is 2.17. The summed E-state index contributed by atoms with van der Waals surface area (Å²) in [5.74, 6) is -0.206. The first-order valence-electron chi connectivity index (χ1n) is 7.04. The van der Waals surface area contributed by atoms with Crippen molar-refractivity contribution in [1.82, 2.24) is 30.6 Å². The van der Waals surface area contributed by atoms with Gasteiger partial charge < -0.3 is 10.6 Å². The molecule has 1 aliphatic heterocycles. The molecule has 3 rings (SSSR count). The number of carbonyl (C=O) groups is 1. The SMILES string of the molecule is Cc1csc(CNC(=O)c2cn(C3CCNCC3)nn2)n1.Cl.Cl. The minimum Gasteiger partial charge on any atom is -0.344 e. The van der Waals surface area contributed by atoms with E-state index in [9.17, 15) is 4.79 Å². The molecule has 0 saturated carbocycles. The van der Waals surface area contributed by atoms with Gasteiger partial charge in [-0.2, -0.15) is 0 Å². The molecule has 3 heterocycles. The van der Waals surface area contributed by atoms with E-state index < -0.39 is 0 Å². The summed E-state index contributed by atoms with van der Waals surface area (Å²) in [6.07, 6.45) is 3.77. The van der Waals surface area contributed by atoms with Crippen LogP contribution < -0.4 is 10.6 Å². The van der Waals surface area contributed by atoms with Gasteiger partial charge in [-0.05, 0) is 32.9 Å². The van der Waals surface area contributed by atoms with Crippen LogP contribution in [0.1, 0.15) is 40.1 Å². The lowest BCUT2D eigenvalue weighted by Gasteiger charge is -2.22. The Morgan fingerprint density at radius 1 is 1.43 bits per heavy atom. The van der Waals surface area contributed by atoms with E-state index in [0.717, 1.165) is 36.6 Å². The molecule has 10 heteroatoms. The first-order valence-corrected chi connectivity index (χ1v) is 7.92. The lowest BCUT2D eigenvalue weighted by Crippen LogP contribution is -2.29. The maximum absolute atomic E-state index is 12.1. The number of aryl methyl sites for hydroxylation is 1. The Morgan fingerprint density at radius 2 is 2.17 bits per heavy atom. The van der Waals surface area contributed by atoms with Crippen LogP contribution in [0.2, 0.25) is 0 Å². The average molecular weight is 379 g/mol. The molecular weight excluding hydrogens is 359 g/mol. The zero-order valence-corrected chi connectivity index (χ0v) is 15.1. The van der Waals surface area contributed by atoms with Crippen molar-refractivity contribution in [3.63, 3.8) is 0 Å². The first-order chi connectivity index (χ1) is 10.2. The highest BCUT2D eigenvalue weighted by molar-refractivity contribution is 7.09. The minimum absolute atomic E-state index is 0. The van der Waals surface area contributed by atoms with Gasteiger partial charge in [0.25, 0.3) is 5.91 Å². The lowest BCUT2D eigenvalue weighted by molar-refractivity contribution is 0.0945. The summed E-state index contributed by atoms with van der Waals surface area (Å²) in [4.78, 5) is 16.4. The quantitative estimate of drug-likeness (QED) is 0.846. The Balaban J connectivity index is 0.00000132. The predicted octanol–water partition coefficient (Wildman–Crippen LogP) is 1.74. The summed E-state index contributed by atoms with van der Waals surface area (Å²) < 4.78 is 1.81. The molecule has 1 fully saturated rings. The normalized spacial score (nSPS) is 14.7. The van der Waals surface area contributed by atoms with Gasteiger partial charge >= 0.3 is 0 Å². The molecule has 1 aliphatic rings. The lowest BCUT2D eigenvalue weighted by atomic mass is 10.1. The van der Waals surface area contributed by atoms with Crippen molar-refractivity contribution < 1.29 is 4.79 Å². The second-order valence-corrected chi connectivity index (χ2v) is 6.07. The Labute approximate surface area is 151 Å². The third-order valence-corrected chi connectivity index (χ3v) is 4.46. The van der Waals surface area contributed by atoms with Crippen LogP contribution in [0.25, 0.3) is 0 Å². The van der Waals surface area contributed by atoms with Crippen LogP contribution in [0, 0.1) is 6.92 Å². The Hall–Kier alpha value is -1.22. The van der Waals surface area contributed by atoms with Crippen LogP contribution in [0.15, 0.2) is 11.6 Å². The van der Waals surface area contributed by atoms with Gasteiger partial charge in [-0.3, -0.25) is 4.79 Å². The molecule has 2 aromatic rings. The van der Waals surface area contributed by atoms with Crippen LogP contribution in [0.5, 0.6) is 0 Å². The molecular formula is C13H20Cl2N6OS. The van der Waals surface area contributed by atoms with E-state index in [1.165, 1.54) is 0 Å². The van der Waals surface area contributed by atoms with Gasteiger partial charge in [-0.1, -0.05) is 5.21 Å². The van der Waals surface area contributed by atoms with E-state index in [1.54, 1.807) is 17.5 Å². The van der Waals surface area contributed by atoms with E-state index in [-0.39, 0.29) is 30.7 Å². The van der Waals surface area contributed by atoms with Crippen molar-refractivity contribution in [1.29, 1.82) is 0 Å². The number of nitrogens with one attached hydrogen (secondary N) is 2. The van der Waals surface area contributed by atoms with Gasteiger partial charge in [-0.25, -0.2) is 9.67 Å². The van der Waals surface area contributed by atoms with Gasteiger partial charge in [0.15, 0.2) is 5.69 Å². The highest BCUT2D eigenvalue weighted by Gasteiger charge is 2.18. The first kappa shape index (κ1) is 19.8. The molecule has 7 nitrogen and oxygen atoms in total. The zero-order chi connectivity index (χ0) is 14.7. The third kappa shape index (κ3) is 5.13. The van der Waals surface area contributed by atoms with E-state index in [0.29, 0.717) is 18.3 Å². The number of hydrogen-bond donors (Lipinski definition) is 2. The average Bonchev–Trinajstić information content (AvgIpc) is 3.15. The summed E-state index contributed by atoms with van der Waals surface area (Å²) in [6.45, 7) is 4.33. The van der Waals surface area contributed by atoms with Crippen LogP contribution in [0.4, 0.5) is 0 Å². The van der Waals surface area contributed by atoms with Gasteiger partial charge in [0.1, 0.15) is 5.01 Å². The molecule has 2 aromatic heterocycles. The Morgan fingerprint density at radius 3 is 2.83 bits per heavy atom. The fourth-order valence-corrected chi connectivity index (χ4v) is 3.07. The van der Waals surface area contributed by atoms with Crippen molar-refractivity contribution in [3.8, 4) is 0 Å². The molecule has 0 spiro atoms. The predicted molar refractivity (Wildman–Crippen MR) is 93.7 cm³/mol. The molecule has 0 aromatic carbocycles. The summed E-state index contributed by atoms with van der Waals surface area (Å²) in [5.41, 5.74) is 1.34. The number of thiazole rings is 1. The fraction of sp³-hybridized carbons (Fsp3) is 0.538. The molecule has 0 radical (unpaired) electrons. The molecule has 0 unspecified atom stereocenters. The second-order valence-electron chi connectivity index (χ2n) is 5.13. The molecule has 1 amide bonds. The number of amides is 1. The van der Waals surface area contributed by atoms with Crippen molar-refractivity contribution in [3.05, 3.63) is 28.0 Å². The Kier molecular flexibility index (Phi) is 7.90. The van der Waals surface area contributed by atoms with Crippen LogP contribution in [0.3, 0.4) is 0 Å². The number of carbonyl (C=O) groups excluding carboxylic acids is 1. The monoisotopic (exact) mass is 378 g/mol. The Bertz CT molecular complexity index is 626. The number of rotatable bonds is 4. The number of halogens is 2. The number of piperidine rings is 1. The number of hydrogen-bond acceptors (Lipinski definition) is 6. The van der Waals surface area contributed by atoms with Gasteiger partial charge in [0.2, 0.25) is 0 Å². The maximum Gasteiger partial charge on any atom is 0.273 e. The van der Waals surface area contributed by atoms with E-state index in [4.69, 9.17) is 0 Å². The summed E-state index contributed by atoms with van der Waals surface area (Å²) in [5, 5.41) is 17.1. The topological polar surface area (TPSA) is 84.7 Å². The molecule has 1 saturated heterocycles. The minimum atomic E-state index is -0.206. The van der Waals surface area contributed by atoms with Crippen LogP contribution in [-0.2, 0) is 6.54 Å². The molecule has 128 valence electrons. The van der Waals surface area contributed by atoms with E-state index >= 15 is 0 Å². The zero-order valence-electron chi connectivity index (χ0n) is 12.7. The molecule has 2 N–H and O–H groups in total. The van der Waals surface area contributed by atoms with Gasteiger partial charge in [-0.15, -0.1) is 41.2 Å². The molecule has 0 aliphatic carbocycles. The standard InChI is InChI=1S/C13H18N6OS.2ClH/c1-9-8-21-12(16-9)6-15-13(20)11-7-19(18-17-11)10-2-4-14-5-3-10;;/h7-8,10,14H,2-6H2,1H3,(H,15,20);2*1H. The molecule has 23 heavy (non-hydrogen) atoms. The second kappa shape index (κ2) is 9.17. The largest absolute Gasteiger partial charge is 0.344 e. The number of aromatic nitrogens is 4. The van der Waals surface area contributed by atoms with Gasteiger partial charge in [0, 0.05) is 11.1 Å². The van der Waals surface area contributed by atoms with Gasteiger partial charge in [0.05, 0.1) is 18.8 Å². The van der Waals surface area contributed by atoms with Crippen LogP contribution in [-0.4, -0.2) is 39.0 Å². The van der Waals surface area contributed by atoms with Crippen molar-refractivity contribution >= 4 is 42.1 Å². The molecule has 0 bridgehead atoms. The smallest absolute Gasteiger partial charge is 0.273 e. The van der Waals surface area contributed by atoms with Crippen molar-refractivity contribution in [2.24, 2.45) is 0 Å². The molecule has 0 atom stereocenters. The summed E-state index contributed by atoms with van der Waals surface area (Å²) >= 11 is 1.54. The summed E-state index contributed by atoms with van der Waals surface area (Å²) in [6, 6.07) is 0.335. The van der Waals surface area contributed by atoms with E-state index in [2.05, 4.69) is 25.9 Å². The van der Waals surface area contributed by atoms with E-state index in [1.807, 2.05) is 17.0 Å². The van der Waals surface area contributed by atoms with Crippen molar-refractivity contribution in [2.75, 3.05) is 13.1 Å². The fourth-order valence-electron chi connectivity index (χ4n) is 2.36. The maximum atomic E-state index is 12.1. The third-order valence-electron chi connectivity index (χ3n) is 3.49. The highest BCUT2D eigenvalue weighted by atomic mass is 35.5. The van der Waals surface area contributed by atoms with Crippen molar-refractivity contribution in [2.45, 2.75) is 32.4 Å². The van der Waals surface area contributed by atoms with Crippen LogP contribution >= 0.6 is 36.2 Å². The number of nitrogens with zero attached hydrogens (tertiary/aromatic N) is 4.